The fourth-order valence-corrected chi connectivity index (χ4v) is 2.61. The highest BCUT2D eigenvalue weighted by Gasteiger charge is 2.10. The molecule has 0 spiro atoms. The third-order valence-corrected chi connectivity index (χ3v) is 4.06. The van der Waals surface area contributed by atoms with Gasteiger partial charge in [-0.2, -0.15) is 0 Å². The fraction of sp³-hybridized carbons (Fsp3) is 0.273. The van der Waals surface area contributed by atoms with Gasteiger partial charge < -0.3 is 10.2 Å². The molecule has 2 nitrogen and oxygen atoms in total. The Morgan fingerprint density at radius 2 is 1.50 bits per heavy atom. The zero-order valence-electron chi connectivity index (χ0n) is 14.7. The lowest BCUT2D eigenvalue weighted by Gasteiger charge is -2.10. The summed E-state index contributed by atoms with van der Waals surface area (Å²) >= 11 is 0. The number of phenols is 2. The summed E-state index contributed by atoms with van der Waals surface area (Å²) in [5.41, 5.74) is 4.96. The lowest BCUT2D eigenvalue weighted by atomic mass is 9.99. The van der Waals surface area contributed by atoms with Gasteiger partial charge in [-0.05, 0) is 63.3 Å². The highest BCUT2D eigenvalue weighted by atomic mass is 16.3. The van der Waals surface area contributed by atoms with Crippen molar-refractivity contribution in [2.45, 2.75) is 40.0 Å². The molecule has 0 aliphatic heterocycles. The maximum atomic E-state index is 10.3. The van der Waals surface area contributed by atoms with Crippen molar-refractivity contribution in [2.75, 3.05) is 0 Å². The van der Waals surface area contributed by atoms with Crippen LogP contribution in [0.4, 0.5) is 0 Å². The molecule has 0 radical (unpaired) electrons. The quantitative estimate of drug-likeness (QED) is 0.640. The summed E-state index contributed by atoms with van der Waals surface area (Å²) in [6, 6.07) is 13.2. The van der Waals surface area contributed by atoms with Crippen molar-refractivity contribution in [1.29, 1.82) is 0 Å². The Balaban J connectivity index is 2.13. The van der Waals surface area contributed by atoms with Gasteiger partial charge in [-0.1, -0.05) is 53.6 Å². The zero-order chi connectivity index (χ0) is 17.5. The lowest BCUT2D eigenvalue weighted by Crippen LogP contribution is -1.88. The van der Waals surface area contributed by atoms with Gasteiger partial charge in [-0.15, -0.1) is 0 Å². The van der Waals surface area contributed by atoms with E-state index in [-0.39, 0.29) is 11.5 Å². The second-order valence-corrected chi connectivity index (χ2v) is 6.43. The van der Waals surface area contributed by atoms with E-state index in [1.807, 2.05) is 30.3 Å². The summed E-state index contributed by atoms with van der Waals surface area (Å²) in [7, 11) is 0. The molecule has 0 aliphatic carbocycles. The van der Waals surface area contributed by atoms with E-state index >= 15 is 0 Å². The summed E-state index contributed by atoms with van der Waals surface area (Å²) < 4.78 is 0. The van der Waals surface area contributed by atoms with Gasteiger partial charge in [0.05, 0.1) is 0 Å². The number of hydrogen-bond acceptors (Lipinski definition) is 2. The van der Waals surface area contributed by atoms with Crippen LogP contribution in [0.2, 0.25) is 0 Å². The topological polar surface area (TPSA) is 40.5 Å². The fourth-order valence-electron chi connectivity index (χ4n) is 2.61. The molecule has 0 saturated heterocycles. The van der Waals surface area contributed by atoms with Crippen molar-refractivity contribution in [3.05, 3.63) is 71.3 Å². The molecule has 2 aromatic rings. The van der Waals surface area contributed by atoms with E-state index in [2.05, 4.69) is 32.9 Å². The number of phenolic OH excluding ortho intramolecular Hbond substituents is 2. The third kappa shape index (κ3) is 5.02. The minimum Gasteiger partial charge on any atom is -0.507 e. The summed E-state index contributed by atoms with van der Waals surface area (Å²) in [6.07, 6.45) is 6.86. The Bertz CT molecular complexity index is 713. The molecular formula is C22H26O2. The highest BCUT2D eigenvalue weighted by Crippen LogP contribution is 2.34. The minimum atomic E-state index is 0.141. The molecule has 0 atom stereocenters. The van der Waals surface area contributed by atoms with Crippen LogP contribution in [0.3, 0.4) is 0 Å². The predicted octanol–water partition coefficient (Wildman–Crippen LogP) is 6.00. The summed E-state index contributed by atoms with van der Waals surface area (Å²) in [5.74, 6) is 0.282. The van der Waals surface area contributed by atoms with Crippen molar-refractivity contribution < 1.29 is 10.2 Å². The molecule has 0 amide bonds. The van der Waals surface area contributed by atoms with Gasteiger partial charge in [0.2, 0.25) is 0 Å². The Hall–Kier alpha value is -2.48. The van der Waals surface area contributed by atoms with E-state index in [1.165, 1.54) is 11.1 Å². The van der Waals surface area contributed by atoms with Crippen molar-refractivity contribution in [2.24, 2.45) is 0 Å². The molecule has 2 rings (SSSR count). The number of aromatic hydroxyl groups is 2. The smallest absolute Gasteiger partial charge is 0.123 e. The minimum absolute atomic E-state index is 0.141. The average Bonchev–Trinajstić information content (AvgIpc) is 2.54. The molecule has 2 aromatic carbocycles. The normalized spacial score (nSPS) is 11.4. The number of rotatable bonds is 6. The Kier molecular flexibility index (Phi) is 6.25. The first kappa shape index (κ1) is 17.9. The lowest BCUT2D eigenvalue weighted by molar-refractivity contribution is 0.441. The Morgan fingerprint density at radius 1 is 0.875 bits per heavy atom. The van der Waals surface area contributed by atoms with Crippen molar-refractivity contribution in [3.63, 3.8) is 0 Å². The van der Waals surface area contributed by atoms with E-state index < -0.39 is 0 Å². The first-order chi connectivity index (χ1) is 11.5. The van der Waals surface area contributed by atoms with Crippen LogP contribution in [-0.4, -0.2) is 10.2 Å². The Morgan fingerprint density at radius 3 is 2.08 bits per heavy atom. The van der Waals surface area contributed by atoms with Gasteiger partial charge in [-0.3, -0.25) is 0 Å². The van der Waals surface area contributed by atoms with E-state index in [0.29, 0.717) is 12.0 Å². The summed E-state index contributed by atoms with van der Waals surface area (Å²) in [5, 5.41) is 20.6. The highest BCUT2D eigenvalue weighted by molar-refractivity contribution is 5.68. The van der Waals surface area contributed by atoms with Crippen molar-refractivity contribution in [3.8, 4) is 22.6 Å². The molecule has 0 fully saturated rings. The third-order valence-electron chi connectivity index (χ3n) is 4.06. The van der Waals surface area contributed by atoms with Gasteiger partial charge in [0.15, 0.2) is 0 Å². The van der Waals surface area contributed by atoms with Gasteiger partial charge >= 0.3 is 0 Å². The number of benzene rings is 2. The van der Waals surface area contributed by atoms with E-state index in [9.17, 15) is 10.2 Å². The monoisotopic (exact) mass is 322 g/mol. The van der Waals surface area contributed by atoms with Gasteiger partial charge in [0, 0.05) is 5.56 Å². The molecule has 2 heteroatoms. The van der Waals surface area contributed by atoms with Crippen LogP contribution in [0.25, 0.3) is 11.1 Å². The zero-order valence-corrected chi connectivity index (χ0v) is 14.7. The standard InChI is InChI=1S/C22H26O2/c1-16(2)8-7-9-17(3)12-13-20-21(23)14-19(15-22(20)24)18-10-5-4-6-11-18/h4-6,8,10-12,14-15,23-24H,7,9,13H2,1-3H3. The number of allylic oxidation sites excluding steroid dienone is 4. The second-order valence-electron chi connectivity index (χ2n) is 6.43. The SMILES string of the molecule is CC(C)=CCCC(C)=CCc1c(O)cc(-c2ccccc2)cc1O. The molecule has 0 bridgehead atoms. The van der Waals surface area contributed by atoms with E-state index in [4.69, 9.17) is 0 Å². The summed E-state index contributed by atoms with van der Waals surface area (Å²) in [4.78, 5) is 0. The number of hydrogen-bond donors (Lipinski definition) is 2. The first-order valence-corrected chi connectivity index (χ1v) is 8.36. The van der Waals surface area contributed by atoms with E-state index in [1.54, 1.807) is 12.1 Å². The van der Waals surface area contributed by atoms with Crippen LogP contribution >= 0.6 is 0 Å². The summed E-state index contributed by atoms with van der Waals surface area (Å²) in [6.45, 7) is 6.29. The van der Waals surface area contributed by atoms with Crippen LogP contribution in [0.5, 0.6) is 11.5 Å². The van der Waals surface area contributed by atoms with Crippen molar-refractivity contribution >= 4 is 0 Å². The predicted molar refractivity (Wildman–Crippen MR) is 101 cm³/mol. The molecule has 0 aromatic heterocycles. The van der Waals surface area contributed by atoms with Gasteiger partial charge in [-0.25, -0.2) is 0 Å². The maximum absolute atomic E-state index is 10.3. The maximum Gasteiger partial charge on any atom is 0.123 e. The van der Waals surface area contributed by atoms with Gasteiger partial charge in [0.25, 0.3) is 0 Å². The van der Waals surface area contributed by atoms with Crippen molar-refractivity contribution in [1.82, 2.24) is 0 Å². The molecule has 0 heterocycles. The van der Waals surface area contributed by atoms with Crippen LogP contribution in [0.15, 0.2) is 65.8 Å². The van der Waals surface area contributed by atoms with E-state index in [0.717, 1.165) is 24.0 Å². The van der Waals surface area contributed by atoms with Crippen LogP contribution in [0.1, 0.15) is 39.2 Å². The molecular weight excluding hydrogens is 296 g/mol. The second kappa shape index (κ2) is 8.39. The first-order valence-electron chi connectivity index (χ1n) is 8.36. The van der Waals surface area contributed by atoms with Crippen LogP contribution in [-0.2, 0) is 6.42 Å². The molecule has 2 N–H and O–H groups in total. The molecule has 126 valence electrons. The molecule has 0 saturated carbocycles. The Labute approximate surface area is 144 Å². The molecule has 24 heavy (non-hydrogen) atoms. The average molecular weight is 322 g/mol. The van der Waals surface area contributed by atoms with Crippen LogP contribution in [0, 0.1) is 0 Å². The molecule has 0 unspecified atom stereocenters. The van der Waals surface area contributed by atoms with Gasteiger partial charge in [0.1, 0.15) is 11.5 Å². The molecule has 0 aliphatic rings. The van der Waals surface area contributed by atoms with Crippen LogP contribution < -0.4 is 0 Å². The largest absolute Gasteiger partial charge is 0.507 e.